The quantitative estimate of drug-likeness (QED) is 0.377. The fourth-order valence-electron chi connectivity index (χ4n) is 3.50. The predicted octanol–water partition coefficient (Wildman–Crippen LogP) is 3.09. The first-order valence-corrected chi connectivity index (χ1v) is 12.3. The zero-order chi connectivity index (χ0) is 23.6. The highest BCUT2D eigenvalue weighted by Crippen LogP contribution is 2.39. The molecule has 0 saturated carbocycles. The van der Waals surface area contributed by atoms with E-state index in [-0.39, 0.29) is 17.2 Å². The highest BCUT2D eigenvalue weighted by atomic mass is 32.2. The van der Waals surface area contributed by atoms with Gasteiger partial charge in [-0.3, -0.25) is 9.59 Å². The van der Waals surface area contributed by atoms with Crippen LogP contribution in [0.2, 0.25) is 0 Å². The largest absolute Gasteiger partial charge is 0.492 e. The average molecular weight is 477 g/mol. The van der Waals surface area contributed by atoms with Crippen LogP contribution in [0.1, 0.15) is 32.9 Å². The number of aromatic amines is 1. The molecule has 1 aliphatic rings. The van der Waals surface area contributed by atoms with Crippen molar-refractivity contribution in [3.8, 4) is 11.5 Å². The molecule has 1 fully saturated rings. The lowest BCUT2D eigenvalue weighted by molar-refractivity contribution is -0.113. The normalized spacial score (nSPS) is 13.6. The van der Waals surface area contributed by atoms with Crippen LogP contribution in [0.15, 0.2) is 28.2 Å². The van der Waals surface area contributed by atoms with Crippen LogP contribution in [0.4, 0.5) is 11.4 Å². The van der Waals surface area contributed by atoms with Gasteiger partial charge in [0.25, 0.3) is 5.56 Å². The SMILES string of the molecule is CCCc1cc(=O)[nH]c(SCC(=O)Nc2cc(OCC)c(N3CCOCC3)cc2OCC)n1. The fourth-order valence-corrected chi connectivity index (χ4v) is 4.20. The summed E-state index contributed by atoms with van der Waals surface area (Å²) >= 11 is 1.19. The Morgan fingerprint density at radius 2 is 1.88 bits per heavy atom. The molecule has 2 N–H and O–H groups in total. The molecule has 1 aromatic carbocycles. The van der Waals surface area contributed by atoms with Crippen molar-refractivity contribution in [3.05, 3.63) is 34.2 Å². The molecule has 0 bridgehead atoms. The minimum absolute atomic E-state index is 0.0965. The molecular formula is C23H32N4O5S. The van der Waals surface area contributed by atoms with Crippen molar-refractivity contribution in [2.45, 2.75) is 38.8 Å². The van der Waals surface area contributed by atoms with Gasteiger partial charge >= 0.3 is 0 Å². The van der Waals surface area contributed by atoms with E-state index in [1.165, 1.54) is 17.8 Å². The summed E-state index contributed by atoms with van der Waals surface area (Å²) in [7, 11) is 0. The number of morpholine rings is 1. The number of aryl methyl sites for hydroxylation is 1. The maximum absolute atomic E-state index is 12.7. The number of nitrogens with zero attached hydrogens (tertiary/aromatic N) is 2. The molecule has 1 saturated heterocycles. The van der Waals surface area contributed by atoms with Crippen LogP contribution in [-0.2, 0) is 16.0 Å². The van der Waals surface area contributed by atoms with E-state index in [4.69, 9.17) is 14.2 Å². The van der Waals surface area contributed by atoms with Crippen LogP contribution < -0.4 is 25.2 Å². The van der Waals surface area contributed by atoms with Crippen molar-refractivity contribution in [3.63, 3.8) is 0 Å². The first kappa shape index (κ1) is 24.9. The van der Waals surface area contributed by atoms with Gasteiger partial charge in [0, 0.05) is 37.0 Å². The molecule has 1 amide bonds. The van der Waals surface area contributed by atoms with E-state index in [1.807, 2.05) is 32.9 Å². The third-order valence-electron chi connectivity index (χ3n) is 4.91. The van der Waals surface area contributed by atoms with E-state index in [0.29, 0.717) is 48.8 Å². The molecule has 0 radical (unpaired) electrons. The zero-order valence-electron chi connectivity index (χ0n) is 19.4. The van der Waals surface area contributed by atoms with Crippen LogP contribution in [0.25, 0.3) is 0 Å². The summed E-state index contributed by atoms with van der Waals surface area (Å²) in [5, 5.41) is 3.36. The summed E-state index contributed by atoms with van der Waals surface area (Å²) in [6.45, 7) is 9.64. The van der Waals surface area contributed by atoms with Crippen molar-refractivity contribution in [2.75, 3.05) is 55.5 Å². The molecule has 9 nitrogen and oxygen atoms in total. The third-order valence-corrected chi connectivity index (χ3v) is 5.78. The molecular weight excluding hydrogens is 444 g/mol. The van der Waals surface area contributed by atoms with Gasteiger partial charge < -0.3 is 29.4 Å². The lowest BCUT2D eigenvalue weighted by Gasteiger charge is -2.31. The Labute approximate surface area is 198 Å². The van der Waals surface area contributed by atoms with Crippen LogP contribution in [0.5, 0.6) is 11.5 Å². The summed E-state index contributed by atoms with van der Waals surface area (Å²) in [4.78, 5) is 33.9. The molecule has 10 heteroatoms. The zero-order valence-corrected chi connectivity index (χ0v) is 20.3. The summed E-state index contributed by atoms with van der Waals surface area (Å²) in [5.74, 6) is 1.13. The minimum atomic E-state index is -0.230. The molecule has 1 aromatic heterocycles. The van der Waals surface area contributed by atoms with E-state index in [0.717, 1.165) is 37.3 Å². The lowest BCUT2D eigenvalue weighted by Crippen LogP contribution is -2.36. The number of aromatic nitrogens is 2. The van der Waals surface area contributed by atoms with Crippen LogP contribution in [0, 0.1) is 0 Å². The monoisotopic (exact) mass is 476 g/mol. The Balaban J connectivity index is 1.76. The smallest absolute Gasteiger partial charge is 0.251 e. The second-order valence-electron chi connectivity index (χ2n) is 7.41. The molecule has 1 aliphatic heterocycles. The highest BCUT2D eigenvalue weighted by molar-refractivity contribution is 7.99. The summed E-state index contributed by atoms with van der Waals surface area (Å²) in [5.41, 5.74) is 1.98. The van der Waals surface area contributed by atoms with E-state index in [2.05, 4.69) is 20.2 Å². The molecule has 0 unspecified atom stereocenters. The second kappa shape index (κ2) is 12.5. The van der Waals surface area contributed by atoms with Gasteiger partial charge in [-0.2, -0.15) is 0 Å². The molecule has 180 valence electrons. The maximum Gasteiger partial charge on any atom is 0.251 e. The molecule has 0 aliphatic carbocycles. The van der Waals surface area contributed by atoms with Crippen molar-refractivity contribution in [2.24, 2.45) is 0 Å². The third kappa shape index (κ3) is 7.13. The first-order chi connectivity index (χ1) is 16.0. The second-order valence-corrected chi connectivity index (χ2v) is 8.37. The summed E-state index contributed by atoms with van der Waals surface area (Å²) in [6, 6.07) is 5.22. The van der Waals surface area contributed by atoms with E-state index in [1.54, 1.807) is 0 Å². The number of ether oxygens (including phenoxy) is 3. The van der Waals surface area contributed by atoms with E-state index in [9.17, 15) is 9.59 Å². The Bertz CT molecular complexity index is 991. The van der Waals surface area contributed by atoms with Gasteiger partial charge in [-0.05, 0) is 20.3 Å². The summed E-state index contributed by atoms with van der Waals surface area (Å²) < 4.78 is 17.2. The Kier molecular flexibility index (Phi) is 9.44. The van der Waals surface area contributed by atoms with Crippen molar-refractivity contribution in [1.82, 2.24) is 9.97 Å². The van der Waals surface area contributed by atoms with Gasteiger partial charge in [-0.1, -0.05) is 25.1 Å². The van der Waals surface area contributed by atoms with Gasteiger partial charge in [-0.25, -0.2) is 4.98 Å². The number of hydrogen-bond acceptors (Lipinski definition) is 8. The van der Waals surface area contributed by atoms with Crippen molar-refractivity contribution < 1.29 is 19.0 Å². The minimum Gasteiger partial charge on any atom is -0.492 e. The number of nitrogens with one attached hydrogen (secondary N) is 2. The number of hydrogen-bond donors (Lipinski definition) is 2. The number of carbonyl (C=O) groups excluding carboxylic acids is 1. The molecule has 3 rings (SSSR count). The van der Waals surface area contributed by atoms with Gasteiger partial charge in [-0.15, -0.1) is 0 Å². The van der Waals surface area contributed by atoms with Gasteiger partial charge in [0.05, 0.1) is 43.6 Å². The van der Waals surface area contributed by atoms with Gasteiger partial charge in [0.1, 0.15) is 11.5 Å². The Morgan fingerprint density at radius 1 is 1.15 bits per heavy atom. The number of rotatable bonds is 11. The summed E-state index contributed by atoms with van der Waals surface area (Å²) in [6.07, 6.45) is 1.61. The Hall–Kier alpha value is -2.72. The van der Waals surface area contributed by atoms with E-state index >= 15 is 0 Å². The molecule has 2 aromatic rings. The lowest BCUT2D eigenvalue weighted by atomic mass is 10.2. The fraction of sp³-hybridized carbons (Fsp3) is 0.522. The van der Waals surface area contributed by atoms with Crippen LogP contribution in [-0.4, -0.2) is 61.1 Å². The van der Waals surface area contributed by atoms with Gasteiger partial charge in [0.15, 0.2) is 5.16 Å². The number of anilines is 2. The topological polar surface area (TPSA) is 106 Å². The molecule has 0 spiro atoms. The standard InChI is InChI=1S/C23H32N4O5S/c1-4-7-16-12-21(28)26-23(24-16)33-15-22(29)25-17-13-20(32-6-3)18(14-19(17)31-5-2)27-8-10-30-11-9-27/h12-14H,4-11,15H2,1-3H3,(H,25,29)(H,24,26,28). The van der Waals surface area contributed by atoms with Crippen LogP contribution >= 0.6 is 11.8 Å². The number of carbonyl (C=O) groups is 1. The van der Waals surface area contributed by atoms with Gasteiger partial charge in [0.2, 0.25) is 5.91 Å². The van der Waals surface area contributed by atoms with Crippen molar-refractivity contribution >= 4 is 29.0 Å². The predicted molar refractivity (Wildman–Crippen MR) is 130 cm³/mol. The van der Waals surface area contributed by atoms with E-state index < -0.39 is 0 Å². The molecule has 33 heavy (non-hydrogen) atoms. The molecule has 2 heterocycles. The highest BCUT2D eigenvalue weighted by Gasteiger charge is 2.20. The first-order valence-electron chi connectivity index (χ1n) is 11.3. The average Bonchev–Trinajstić information content (AvgIpc) is 2.80. The number of amides is 1. The number of thioether (sulfide) groups is 1. The molecule has 0 atom stereocenters. The maximum atomic E-state index is 12.7. The van der Waals surface area contributed by atoms with Crippen molar-refractivity contribution in [1.29, 1.82) is 0 Å². The number of benzene rings is 1. The van der Waals surface area contributed by atoms with Crippen LogP contribution in [0.3, 0.4) is 0 Å². The number of H-pyrrole nitrogens is 1. The Morgan fingerprint density at radius 3 is 2.58 bits per heavy atom.